The van der Waals surface area contributed by atoms with Crippen molar-refractivity contribution in [1.29, 1.82) is 0 Å². The van der Waals surface area contributed by atoms with Crippen molar-refractivity contribution in [2.75, 3.05) is 11.9 Å². The molecule has 2 amide bonds. The topological polar surface area (TPSA) is 109 Å². The Bertz CT molecular complexity index is 1550. The number of para-hydroxylation sites is 3. The number of rotatable bonds is 5. The van der Waals surface area contributed by atoms with Gasteiger partial charge in [0.15, 0.2) is 0 Å². The van der Waals surface area contributed by atoms with E-state index in [0.29, 0.717) is 16.6 Å². The second-order valence-electron chi connectivity index (χ2n) is 7.46. The van der Waals surface area contributed by atoms with Crippen molar-refractivity contribution in [2.45, 2.75) is 0 Å². The van der Waals surface area contributed by atoms with Crippen LogP contribution in [-0.2, 0) is 4.79 Å². The summed E-state index contributed by atoms with van der Waals surface area (Å²) in [5.41, 5.74) is 3.60. The third kappa shape index (κ3) is 3.97. The predicted octanol–water partition coefficient (Wildman–Crippen LogP) is 3.24. The number of nitrogens with one attached hydrogen (secondary N) is 3. The molecule has 0 atom stereocenters. The van der Waals surface area contributed by atoms with Crippen molar-refractivity contribution in [2.24, 2.45) is 0 Å². The molecule has 5 aromatic rings. The zero-order valence-corrected chi connectivity index (χ0v) is 17.4. The highest BCUT2D eigenvalue weighted by Crippen LogP contribution is 2.19. The molecule has 0 spiro atoms. The third-order valence-corrected chi connectivity index (χ3v) is 5.33. The first-order chi connectivity index (χ1) is 16.1. The monoisotopic (exact) mass is 437 g/mol. The number of anilines is 1. The van der Waals surface area contributed by atoms with E-state index in [-0.39, 0.29) is 17.5 Å². The standard InChI is InChI=1S/C25H19N5O3/c31-23(14-27-25(33)19-13-26-20-6-2-1-5-18(20)24(19)32)29-16-9-11-17(12-10-16)30-15-28-21-7-3-4-8-22(21)30/h1-13,15H,14H2,(H,26,32)(H,27,33)(H,29,31). The van der Waals surface area contributed by atoms with E-state index in [4.69, 9.17) is 0 Å². The molecule has 2 aromatic heterocycles. The van der Waals surface area contributed by atoms with E-state index in [1.807, 2.05) is 41.0 Å². The Kier molecular flexibility index (Phi) is 5.16. The first kappa shape index (κ1) is 20.2. The zero-order valence-electron chi connectivity index (χ0n) is 17.4. The van der Waals surface area contributed by atoms with Gasteiger partial charge >= 0.3 is 0 Å². The first-order valence-corrected chi connectivity index (χ1v) is 10.3. The molecule has 5 rings (SSSR count). The van der Waals surface area contributed by atoms with Crippen LogP contribution in [0.25, 0.3) is 27.6 Å². The van der Waals surface area contributed by atoms with E-state index in [9.17, 15) is 14.4 Å². The van der Waals surface area contributed by atoms with Crippen molar-refractivity contribution in [3.8, 4) is 5.69 Å². The zero-order chi connectivity index (χ0) is 22.8. The summed E-state index contributed by atoms with van der Waals surface area (Å²) in [5, 5.41) is 5.65. The highest BCUT2D eigenvalue weighted by atomic mass is 16.2. The quantitative estimate of drug-likeness (QED) is 0.392. The third-order valence-electron chi connectivity index (χ3n) is 5.33. The van der Waals surface area contributed by atoms with Crippen LogP contribution in [0, 0.1) is 0 Å². The summed E-state index contributed by atoms with van der Waals surface area (Å²) in [5.74, 6) is -1.01. The highest BCUT2D eigenvalue weighted by molar-refractivity contribution is 6.00. The molecule has 33 heavy (non-hydrogen) atoms. The van der Waals surface area contributed by atoms with Gasteiger partial charge in [0.25, 0.3) is 5.91 Å². The van der Waals surface area contributed by atoms with E-state index < -0.39 is 11.8 Å². The smallest absolute Gasteiger partial charge is 0.257 e. The maximum absolute atomic E-state index is 12.5. The lowest BCUT2D eigenvalue weighted by Crippen LogP contribution is -2.35. The number of pyridine rings is 1. The molecule has 0 saturated carbocycles. The van der Waals surface area contributed by atoms with Crippen molar-refractivity contribution >= 4 is 39.4 Å². The molecule has 0 unspecified atom stereocenters. The van der Waals surface area contributed by atoms with Crippen LogP contribution in [0.5, 0.6) is 0 Å². The Morgan fingerprint density at radius 3 is 2.55 bits per heavy atom. The molecule has 0 radical (unpaired) electrons. The van der Waals surface area contributed by atoms with Crippen LogP contribution in [-0.4, -0.2) is 32.9 Å². The van der Waals surface area contributed by atoms with Crippen LogP contribution >= 0.6 is 0 Å². The number of fused-ring (bicyclic) bond motifs is 2. The SMILES string of the molecule is O=C(CNC(=O)c1c[nH]c2ccccc2c1=O)Nc1ccc(-n2cnc3ccccc32)cc1. The number of imidazole rings is 1. The van der Waals surface area contributed by atoms with Gasteiger partial charge in [0, 0.05) is 28.5 Å². The summed E-state index contributed by atoms with van der Waals surface area (Å²) < 4.78 is 1.96. The van der Waals surface area contributed by atoms with Gasteiger partial charge in [-0.25, -0.2) is 4.98 Å². The number of H-pyrrole nitrogens is 1. The number of amides is 2. The second-order valence-corrected chi connectivity index (χ2v) is 7.46. The molecular formula is C25H19N5O3. The van der Waals surface area contributed by atoms with Gasteiger partial charge in [-0.3, -0.25) is 19.0 Å². The van der Waals surface area contributed by atoms with Crippen molar-refractivity contribution in [3.63, 3.8) is 0 Å². The summed E-state index contributed by atoms with van der Waals surface area (Å²) >= 11 is 0. The number of carbonyl (C=O) groups excluding carboxylic acids is 2. The maximum Gasteiger partial charge on any atom is 0.257 e. The number of nitrogens with zero attached hydrogens (tertiary/aromatic N) is 2. The average molecular weight is 437 g/mol. The minimum atomic E-state index is -0.612. The Morgan fingerprint density at radius 2 is 1.70 bits per heavy atom. The molecule has 0 aliphatic rings. The molecule has 3 N–H and O–H groups in total. The Balaban J connectivity index is 1.23. The fraction of sp³-hybridized carbons (Fsp3) is 0.0400. The number of benzene rings is 3. The van der Waals surface area contributed by atoms with Crippen molar-refractivity contribution < 1.29 is 9.59 Å². The van der Waals surface area contributed by atoms with Gasteiger partial charge in [0.05, 0.1) is 17.6 Å². The van der Waals surface area contributed by atoms with Crippen LogP contribution in [0.15, 0.2) is 90.1 Å². The molecule has 0 saturated heterocycles. The lowest BCUT2D eigenvalue weighted by Gasteiger charge is -2.09. The molecular weight excluding hydrogens is 418 g/mol. The van der Waals surface area contributed by atoms with Gasteiger partial charge < -0.3 is 15.6 Å². The largest absolute Gasteiger partial charge is 0.360 e. The minimum Gasteiger partial charge on any atom is -0.360 e. The maximum atomic E-state index is 12.5. The lowest BCUT2D eigenvalue weighted by atomic mass is 10.1. The number of hydrogen-bond donors (Lipinski definition) is 3. The van der Waals surface area contributed by atoms with Crippen LogP contribution in [0.4, 0.5) is 5.69 Å². The summed E-state index contributed by atoms with van der Waals surface area (Å²) in [6, 6.07) is 22.0. The van der Waals surface area contributed by atoms with Crippen LogP contribution < -0.4 is 16.1 Å². The van der Waals surface area contributed by atoms with Crippen LogP contribution in [0.2, 0.25) is 0 Å². The van der Waals surface area contributed by atoms with Crippen LogP contribution in [0.3, 0.4) is 0 Å². The minimum absolute atomic E-state index is 0.0431. The molecule has 8 heteroatoms. The van der Waals surface area contributed by atoms with E-state index in [1.54, 1.807) is 42.7 Å². The van der Waals surface area contributed by atoms with Gasteiger partial charge in [-0.1, -0.05) is 24.3 Å². The summed E-state index contributed by atoms with van der Waals surface area (Å²) in [6.45, 7) is -0.265. The molecule has 0 aliphatic carbocycles. The van der Waals surface area contributed by atoms with Gasteiger partial charge in [-0.2, -0.15) is 0 Å². The Morgan fingerprint density at radius 1 is 0.939 bits per heavy atom. The first-order valence-electron chi connectivity index (χ1n) is 10.3. The fourth-order valence-corrected chi connectivity index (χ4v) is 3.67. The van der Waals surface area contributed by atoms with E-state index in [0.717, 1.165) is 16.7 Å². The number of carbonyl (C=O) groups is 2. The van der Waals surface area contributed by atoms with Crippen LogP contribution in [0.1, 0.15) is 10.4 Å². The summed E-state index contributed by atoms with van der Waals surface area (Å²) in [7, 11) is 0. The van der Waals surface area contributed by atoms with Crippen molar-refractivity contribution in [3.05, 3.63) is 101 Å². The molecule has 2 heterocycles. The fourth-order valence-electron chi connectivity index (χ4n) is 3.67. The molecule has 3 aromatic carbocycles. The Labute approximate surface area is 187 Å². The number of aromatic amines is 1. The average Bonchev–Trinajstić information content (AvgIpc) is 3.28. The molecule has 0 aliphatic heterocycles. The number of aromatic nitrogens is 3. The molecule has 162 valence electrons. The van der Waals surface area contributed by atoms with E-state index in [1.165, 1.54) is 6.20 Å². The van der Waals surface area contributed by atoms with Crippen molar-refractivity contribution in [1.82, 2.24) is 19.9 Å². The van der Waals surface area contributed by atoms with E-state index in [2.05, 4.69) is 20.6 Å². The van der Waals surface area contributed by atoms with Gasteiger partial charge in [-0.05, 0) is 48.5 Å². The second kappa shape index (κ2) is 8.43. The summed E-state index contributed by atoms with van der Waals surface area (Å²) in [4.78, 5) is 44.6. The molecule has 0 fully saturated rings. The molecule has 0 bridgehead atoms. The van der Waals surface area contributed by atoms with Gasteiger partial charge in [-0.15, -0.1) is 0 Å². The molecule has 8 nitrogen and oxygen atoms in total. The Hall–Kier alpha value is -4.72. The lowest BCUT2D eigenvalue weighted by molar-refractivity contribution is -0.115. The highest BCUT2D eigenvalue weighted by Gasteiger charge is 2.14. The number of hydrogen-bond acceptors (Lipinski definition) is 4. The predicted molar refractivity (Wildman–Crippen MR) is 127 cm³/mol. The normalized spacial score (nSPS) is 10.9. The van der Waals surface area contributed by atoms with Gasteiger partial charge in [0.1, 0.15) is 11.9 Å². The summed E-state index contributed by atoms with van der Waals surface area (Å²) in [6.07, 6.45) is 3.11. The van der Waals surface area contributed by atoms with Gasteiger partial charge in [0.2, 0.25) is 11.3 Å². The van der Waals surface area contributed by atoms with E-state index >= 15 is 0 Å².